The predicted molar refractivity (Wildman–Crippen MR) is 54.8 cm³/mol. The monoisotopic (exact) mass is 215 g/mol. The molecule has 7 heteroatoms. The van der Waals surface area contributed by atoms with E-state index in [0.717, 1.165) is 18.0 Å². The molecule has 6 nitrogen and oxygen atoms in total. The predicted octanol–water partition coefficient (Wildman–Crippen LogP) is 0.348. The third kappa shape index (κ3) is 2.77. The van der Waals surface area contributed by atoms with Crippen LogP contribution in [0.5, 0.6) is 0 Å². The van der Waals surface area contributed by atoms with Crippen molar-refractivity contribution in [1.82, 2.24) is 9.97 Å². The third-order valence-corrected chi connectivity index (χ3v) is 1.98. The molecular weight excluding hydrogens is 206 g/mol. The van der Waals surface area contributed by atoms with Gasteiger partial charge in [0, 0.05) is 6.20 Å². The first kappa shape index (κ1) is 10.6. The topological polar surface area (TPSA) is 94.8 Å². The summed E-state index contributed by atoms with van der Waals surface area (Å²) in [6.45, 7) is 1.82. The van der Waals surface area contributed by atoms with Gasteiger partial charge in [0.2, 0.25) is 0 Å². The fourth-order valence-corrected chi connectivity index (χ4v) is 1.22. The molecule has 0 aliphatic rings. The Morgan fingerprint density at radius 3 is 2.86 bits per heavy atom. The molecule has 0 fully saturated rings. The number of aromatic nitrogens is 2. The molecule has 1 heterocycles. The Bertz CT molecular complexity index is 436. The van der Waals surface area contributed by atoms with Crippen molar-refractivity contribution in [2.75, 3.05) is 11.1 Å². The number of thioether (sulfide) groups is 1. The molecule has 1 amide bonds. The van der Waals surface area contributed by atoms with E-state index in [1.54, 1.807) is 0 Å². The molecule has 0 aliphatic carbocycles. The Hall–Kier alpha value is -1.50. The van der Waals surface area contributed by atoms with E-state index in [1.165, 1.54) is 0 Å². The first-order valence-corrected chi connectivity index (χ1v) is 4.88. The zero-order valence-electron chi connectivity index (χ0n) is 7.42. The van der Waals surface area contributed by atoms with E-state index in [1.807, 2.05) is 11.9 Å². The van der Waals surface area contributed by atoms with Crippen LogP contribution < -0.4 is 16.6 Å². The van der Waals surface area contributed by atoms with Gasteiger partial charge in [0.15, 0.2) is 0 Å². The summed E-state index contributed by atoms with van der Waals surface area (Å²) in [6, 6.07) is 0. The minimum atomic E-state index is -0.612. The maximum atomic E-state index is 11.1. The number of hydrogen-bond acceptors (Lipinski definition) is 4. The lowest BCUT2D eigenvalue weighted by Crippen LogP contribution is -2.25. The third-order valence-electron chi connectivity index (χ3n) is 1.33. The van der Waals surface area contributed by atoms with E-state index >= 15 is 0 Å². The zero-order valence-corrected chi connectivity index (χ0v) is 8.23. The Balaban J connectivity index is 2.82. The second kappa shape index (κ2) is 4.66. The van der Waals surface area contributed by atoms with E-state index < -0.39 is 11.2 Å². The second-order valence-electron chi connectivity index (χ2n) is 2.33. The number of aromatic amines is 2. The van der Waals surface area contributed by atoms with Crippen molar-refractivity contribution in [3.63, 3.8) is 0 Å². The maximum absolute atomic E-state index is 11.1. The van der Waals surface area contributed by atoms with Gasteiger partial charge in [-0.2, -0.15) is 0 Å². The van der Waals surface area contributed by atoms with Crippen LogP contribution in [0.25, 0.3) is 0 Å². The molecule has 0 radical (unpaired) electrons. The molecule has 1 rings (SSSR count). The number of carbonyl (C=O) groups excluding carboxylic acids is 1. The molecule has 14 heavy (non-hydrogen) atoms. The summed E-state index contributed by atoms with van der Waals surface area (Å²) in [4.78, 5) is 37.0. The fraction of sp³-hybridized carbons (Fsp3) is 0.286. The van der Waals surface area contributed by atoms with Gasteiger partial charge in [-0.1, -0.05) is 18.7 Å². The van der Waals surface area contributed by atoms with Crippen molar-refractivity contribution in [2.45, 2.75) is 6.92 Å². The fourth-order valence-electron chi connectivity index (χ4n) is 0.780. The highest BCUT2D eigenvalue weighted by molar-refractivity contribution is 8.13. The van der Waals surface area contributed by atoms with E-state index in [9.17, 15) is 14.4 Å². The highest BCUT2D eigenvalue weighted by Crippen LogP contribution is 2.04. The van der Waals surface area contributed by atoms with Gasteiger partial charge in [-0.05, 0) is 5.75 Å². The highest BCUT2D eigenvalue weighted by atomic mass is 32.2. The van der Waals surface area contributed by atoms with Gasteiger partial charge in [0.1, 0.15) is 5.69 Å². The van der Waals surface area contributed by atoms with Crippen LogP contribution >= 0.6 is 11.8 Å². The Kier molecular flexibility index (Phi) is 3.52. The van der Waals surface area contributed by atoms with Crippen molar-refractivity contribution in [2.24, 2.45) is 0 Å². The maximum Gasteiger partial charge on any atom is 0.325 e. The van der Waals surface area contributed by atoms with Crippen molar-refractivity contribution < 1.29 is 4.79 Å². The summed E-state index contributed by atoms with van der Waals surface area (Å²) in [6.07, 6.45) is 1.16. The van der Waals surface area contributed by atoms with Crippen LogP contribution in [0.15, 0.2) is 15.8 Å². The van der Waals surface area contributed by atoms with Gasteiger partial charge < -0.3 is 10.3 Å². The standard InChI is InChI=1S/C7H9N3O3S/c1-2-14-7(13)9-4-3-8-6(12)10-5(4)11/h3H,2H2,1H3,(H,9,13)(H2,8,10,11,12). The van der Waals surface area contributed by atoms with Gasteiger partial charge in [0.25, 0.3) is 10.8 Å². The van der Waals surface area contributed by atoms with Gasteiger partial charge in [-0.3, -0.25) is 14.6 Å². The first-order valence-electron chi connectivity index (χ1n) is 3.89. The van der Waals surface area contributed by atoms with Crippen LogP contribution in [0.3, 0.4) is 0 Å². The molecule has 1 aromatic rings. The molecular formula is C7H9N3O3S. The summed E-state index contributed by atoms with van der Waals surface area (Å²) in [5.41, 5.74) is -1.18. The number of carbonyl (C=O) groups is 1. The normalized spacial score (nSPS) is 9.79. The molecule has 0 saturated heterocycles. The van der Waals surface area contributed by atoms with E-state index in [4.69, 9.17) is 0 Å². The average molecular weight is 215 g/mol. The van der Waals surface area contributed by atoms with Crippen molar-refractivity contribution in [1.29, 1.82) is 0 Å². The number of rotatable bonds is 2. The lowest BCUT2D eigenvalue weighted by molar-refractivity contribution is 0.269. The van der Waals surface area contributed by atoms with Crippen molar-refractivity contribution >= 4 is 22.7 Å². The quantitative estimate of drug-likeness (QED) is 0.663. The molecule has 0 atom stereocenters. The van der Waals surface area contributed by atoms with E-state index in [0.29, 0.717) is 5.75 Å². The minimum Gasteiger partial charge on any atom is -0.312 e. The molecule has 76 valence electrons. The molecule has 0 spiro atoms. The molecule has 0 bridgehead atoms. The largest absolute Gasteiger partial charge is 0.325 e. The summed E-state index contributed by atoms with van der Waals surface area (Å²) in [7, 11) is 0. The zero-order chi connectivity index (χ0) is 10.6. The number of amides is 1. The van der Waals surface area contributed by atoms with Crippen LogP contribution in [-0.2, 0) is 0 Å². The number of nitrogens with one attached hydrogen (secondary N) is 3. The van der Waals surface area contributed by atoms with E-state index in [2.05, 4.69) is 10.3 Å². The smallest absolute Gasteiger partial charge is 0.312 e. The van der Waals surface area contributed by atoms with E-state index in [-0.39, 0.29) is 10.9 Å². The summed E-state index contributed by atoms with van der Waals surface area (Å²) in [5, 5.41) is 2.02. The SMILES string of the molecule is CCSC(=O)Nc1c[nH]c(=O)[nH]c1=O. The van der Waals surface area contributed by atoms with Gasteiger partial charge in [-0.15, -0.1) is 0 Å². The van der Waals surface area contributed by atoms with Crippen LogP contribution in [0, 0.1) is 0 Å². The number of H-pyrrole nitrogens is 2. The van der Waals surface area contributed by atoms with Crippen LogP contribution in [0.2, 0.25) is 0 Å². The lowest BCUT2D eigenvalue weighted by Gasteiger charge is -2.00. The number of hydrogen-bond donors (Lipinski definition) is 3. The van der Waals surface area contributed by atoms with Crippen molar-refractivity contribution in [3.05, 3.63) is 27.0 Å². The molecule has 1 aromatic heterocycles. The molecule has 3 N–H and O–H groups in total. The Morgan fingerprint density at radius 2 is 2.29 bits per heavy atom. The van der Waals surface area contributed by atoms with Gasteiger partial charge >= 0.3 is 5.69 Å². The Morgan fingerprint density at radius 1 is 1.57 bits per heavy atom. The summed E-state index contributed by atoms with van der Waals surface area (Å²) in [5.74, 6) is 0.618. The van der Waals surface area contributed by atoms with Gasteiger partial charge in [-0.25, -0.2) is 4.79 Å². The summed E-state index contributed by atoms with van der Waals surface area (Å²) < 4.78 is 0. The lowest BCUT2D eigenvalue weighted by atomic mass is 10.5. The first-order chi connectivity index (χ1) is 6.63. The molecule has 0 saturated carbocycles. The summed E-state index contributed by atoms with van der Waals surface area (Å²) >= 11 is 1.04. The second-order valence-corrected chi connectivity index (χ2v) is 3.57. The highest BCUT2D eigenvalue weighted by Gasteiger charge is 2.04. The average Bonchev–Trinajstić information content (AvgIpc) is 2.10. The number of anilines is 1. The van der Waals surface area contributed by atoms with Crippen molar-refractivity contribution in [3.8, 4) is 0 Å². The van der Waals surface area contributed by atoms with Gasteiger partial charge in [0.05, 0.1) is 0 Å². The Labute approximate surface area is 83.1 Å². The molecule has 0 unspecified atom stereocenters. The van der Waals surface area contributed by atoms with Crippen LogP contribution in [-0.4, -0.2) is 21.0 Å². The van der Waals surface area contributed by atoms with Crippen LogP contribution in [0.4, 0.5) is 10.5 Å². The van der Waals surface area contributed by atoms with Crippen LogP contribution in [0.1, 0.15) is 6.92 Å². The molecule has 0 aromatic carbocycles. The molecule has 0 aliphatic heterocycles. The minimum absolute atomic E-state index is 0.0375.